The van der Waals surface area contributed by atoms with Gasteiger partial charge in [0.2, 0.25) is 0 Å². The Balaban J connectivity index is 2.07. The Morgan fingerprint density at radius 2 is 0.833 bits per heavy atom. The van der Waals surface area contributed by atoms with Crippen LogP contribution in [0, 0.1) is 0 Å². The van der Waals surface area contributed by atoms with Crippen LogP contribution in [-0.2, 0) is 19.1 Å². The summed E-state index contributed by atoms with van der Waals surface area (Å²) in [5.74, 6) is 0.440. The van der Waals surface area contributed by atoms with Crippen LogP contribution in [0.5, 0.6) is 11.5 Å². The quantitative estimate of drug-likeness (QED) is 0.0289. The van der Waals surface area contributed by atoms with Gasteiger partial charge in [-0.05, 0) is 89.2 Å². The van der Waals surface area contributed by atoms with Gasteiger partial charge in [-0.15, -0.1) is 0 Å². The molecule has 0 fully saturated rings. The van der Waals surface area contributed by atoms with Crippen LogP contribution in [0.3, 0.4) is 0 Å². The van der Waals surface area contributed by atoms with Crippen LogP contribution in [0.15, 0.2) is 66.8 Å². The van der Waals surface area contributed by atoms with Gasteiger partial charge in [-0.1, -0.05) is 127 Å². The fourth-order valence-electron chi connectivity index (χ4n) is 5.76. The third kappa shape index (κ3) is 31.9. The Morgan fingerprint density at radius 1 is 0.463 bits per heavy atom. The Kier molecular flexibility index (Phi) is 33.8. The van der Waals surface area contributed by atoms with Crippen molar-refractivity contribution in [2.75, 3.05) is 26.4 Å². The zero-order valence-electron chi connectivity index (χ0n) is 34.1. The summed E-state index contributed by atoms with van der Waals surface area (Å²) in [7, 11) is 0. The van der Waals surface area contributed by atoms with E-state index in [4.69, 9.17) is 18.9 Å². The van der Waals surface area contributed by atoms with Crippen molar-refractivity contribution in [3.8, 4) is 11.5 Å². The molecule has 7 nitrogen and oxygen atoms in total. The molecule has 0 aliphatic rings. The van der Waals surface area contributed by atoms with Crippen LogP contribution >= 0.6 is 0 Å². The average Bonchev–Trinajstić information content (AvgIpc) is 3.18. The number of rotatable bonds is 37. The highest BCUT2D eigenvalue weighted by Gasteiger charge is 2.07. The smallest absolute Gasteiger partial charge is 0.305 e. The standard InChI is InChI=1S/C47H74O7/c1-3-5-7-9-11-13-15-17-19-21-23-25-27-29-31-33-46(49)53-37-35-51-44-39-43(42-48)40-45(41-44)52-36-38-54-47(50)34-32-30-28-26-24-22-20-18-16-14-12-10-8-6-4-2/h11-14,17-20,39-42H,3-10,15-16,21-38H2,1-2H3/b13-11-,14-12-,19-17-,20-18-. The molecule has 0 spiro atoms. The predicted octanol–water partition coefficient (Wildman–Crippen LogP) is 13.0. The van der Waals surface area contributed by atoms with Crippen molar-refractivity contribution in [1.82, 2.24) is 0 Å². The minimum absolute atomic E-state index is 0.130. The molecule has 0 saturated carbocycles. The van der Waals surface area contributed by atoms with E-state index in [0.29, 0.717) is 29.9 Å². The van der Waals surface area contributed by atoms with E-state index in [2.05, 4.69) is 62.5 Å². The monoisotopic (exact) mass is 751 g/mol. The molecule has 1 rings (SSSR count). The number of hydrogen-bond acceptors (Lipinski definition) is 7. The number of carbonyl (C=O) groups excluding carboxylic acids is 3. The first-order valence-corrected chi connectivity index (χ1v) is 21.4. The number of carbonyl (C=O) groups is 3. The molecule has 1 aromatic carbocycles. The van der Waals surface area contributed by atoms with Crippen molar-refractivity contribution in [3.63, 3.8) is 0 Å². The molecule has 0 N–H and O–H groups in total. The molecule has 0 aliphatic heterocycles. The topological polar surface area (TPSA) is 88.1 Å². The van der Waals surface area contributed by atoms with E-state index in [1.807, 2.05) is 0 Å². The number of hydrogen-bond donors (Lipinski definition) is 0. The van der Waals surface area contributed by atoms with Crippen LogP contribution in [0.2, 0.25) is 0 Å². The molecular weight excluding hydrogens is 677 g/mol. The van der Waals surface area contributed by atoms with Crippen molar-refractivity contribution >= 4 is 18.2 Å². The minimum Gasteiger partial charge on any atom is -0.490 e. The molecule has 1 aromatic rings. The fraction of sp³-hybridized carbons (Fsp3) is 0.638. The van der Waals surface area contributed by atoms with E-state index < -0.39 is 0 Å². The van der Waals surface area contributed by atoms with E-state index >= 15 is 0 Å². The third-order valence-electron chi connectivity index (χ3n) is 8.93. The number of aldehydes is 1. The Labute approximate surface area is 329 Å². The second-order valence-electron chi connectivity index (χ2n) is 14.0. The first kappa shape index (κ1) is 48.4. The Morgan fingerprint density at radius 3 is 1.22 bits per heavy atom. The summed E-state index contributed by atoms with van der Waals surface area (Å²) >= 11 is 0. The molecule has 0 aromatic heterocycles. The van der Waals surface area contributed by atoms with Gasteiger partial charge in [0.05, 0.1) is 0 Å². The van der Waals surface area contributed by atoms with E-state index in [1.165, 1.54) is 77.0 Å². The van der Waals surface area contributed by atoms with Gasteiger partial charge in [0.25, 0.3) is 0 Å². The summed E-state index contributed by atoms with van der Waals surface area (Å²) < 4.78 is 22.1. The van der Waals surface area contributed by atoms with E-state index in [9.17, 15) is 14.4 Å². The first-order chi connectivity index (χ1) is 26.6. The highest BCUT2D eigenvalue weighted by atomic mass is 16.6. The SMILES string of the molecule is CCCCC/C=C\C/C=C\CCCCCCCC(=O)OCCOc1cc(C=O)cc(OCCOC(=O)CCCCCCC/C=C\C/C=C\CCCCC)c1. The Bertz CT molecular complexity index is 1100. The summed E-state index contributed by atoms with van der Waals surface area (Å²) in [5.41, 5.74) is 0.402. The summed E-state index contributed by atoms with van der Waals surface area (Å²) in [6, 6.07) is 4.88. The lowest BCUT2D eigenvalue weighted by Crippen LogP contribution is -2.13. The average molecular weight is 751 g/mol. The van der Waals surface area contributed by atoms with E-state index in [-0.39, 0.29) is 38.4 Å². The molecule has 0 radical (unpaired) electrons. The second kappa shape index (κ2) is 37.7. The lowest BCUT2D eigenvalue weighted by atomic mass is 10.1. The normalized spacial score (nSPS) is 11.7. The molecule has 0 unspecified atom stereocenters. The van der Waals surface area contributed by atoms with Gasteiger partial charge in [-0.25, -0.2) is 0 Å². The van der Waals surface area contributed by atoms with Gasteiger partial charge < -0.3 is 18.9 Å². The lowest BCUT2D eigenvalue weighted by Gasteiger charge is -2.11. The van der Waals surface area contributed by atoms with Crippen LogP contribution in [-0.4, -0.2) is 44.7 Å². The fourth-order valence-corrected chi connectivity index (χ4v) is 5.76. The van der Waals surface area contributed by atoms with Gasteiger partial charge in [0.1, 0.15) is 44.2 Å². The first-order valence-electron chi connectivity index (χ1n) is 21.4. The van der Waals surface area contributed by atoms with Crippen molar-refractivity contribution in [3.05, 3.63) is 72.4 Å². The number of benzene rings is 1. The molecular formula is C47H74O7. The van der Waals surface area contributed by atoms with Crippen molar-refractivity contribution in [2.24, 2.45) is 0 Å². The van der Waals surface area contributed by atoms with Gasteiger partial charge >= 0.3 is 11.9 Å². The second-order valence-corrected chi connectivity index (χ2v) is 14.0. The van der Waals surface area contributed by atoms with E-state index in [1.54, 1.807) is 18.2 Å². The maximum absolute atomic E-state index is 12.1. The molecule has 0 atom stereocenters. The number of esters is 2. The predicted molar refractivity (Wildman–Crippen MR) is 223 cm³/mol. The van der Waals surface area contributed by atoms with Crippen LogP contribution in [0.4, 0.5) is 0 Å². The summed E-state index contributed by atoms with van der Waals surface area (Å²) in [5, 5.41) is 0. The molecule has 0 amide bonds. The molecule has 0 saturated heterocycles. The molecule has 7 heteroatoms. The molecule has 0 heterocycles. The van der Waals surface area contributed by atoms with Crippen molar-refractivity contribution < 1.29 is 33.3 Å². The summed E-state index contributed by atoms with van der Waals surface area (Å²) in [6.45, 7) is 5.06. The van der Waals surface area contributed by atoms with Gasteiger partial charge in [0, 0.05) is 24.5 Å². The minimum atomic E-state index is -0.222. The lowest BCUT2D eigenvalue weighted by molar-refractivity contribution is -0.145. The largest absolute Gasteiger partial charge is 0.490 e. The zero-order chi connectivity index (χ0) is 39.0. The number of allylic oxidation sites excluding steroid dienone is 8. The van der Waals surface area contributed by atoms with Crippen molar-refractivity contribution in [2.45, 2.75) is 168 Å². The highest BCUT2D eigenvalue weighted by molar-refractivity contribution is 5.76. The maximum atomic E-state index is 12.1. The van der Waals surface area contributed by atoms with Crippen LogP contribution < -0.4 is 9.47 Å². The highest BCUT2D eigenvalue weighted by Crippen LogP contribution is 2.22. The van der Waals surface area contributed by atoms with Gasteiger partial charge in [-0.3, -0.25) is 14.4 Å². The zero-order valence-corrected chi connectivity index (χ0v) is 34.1. The third-order valence-corrected chi connectivity index (χ3v) is 8.93. The van der Waals surface area contributed by atoms with Gasteiger partial charge in [-0.2, -0.15) is 0 Å². The molecule has 304 valence electrons. The number of ether oxygens (including phenoxy) is 4. The van der Waals surface area contributed by atoms with Crippen LogP contribution in [0.1, 0.15) is 178 Å². The summed E-state index contributed by atoms with van der Waals surface area (Å²) in [6.07, 6.45) is 44.8. The number of unbranched alkanes of at least 4 members (excludes halogenated alkanes) is 16. The maximum Gasteiger partial charge on any atom is 0.305 e. The van der Waals surface area contributed by atoms with E-state index in [0.717, 1.165) is 70.5 Å². The molecule has 54 heavy (non-hydrogen) atoms. The summed E-state index contributed by atoms with van der Waals surface area (Å²) in [4.78, 5) is 35.7. The molecule has 0 aliphatic carbocycles. The molecule has 0 bridgehead atoms. The van der Waals surface area contributed by atoms with Crippen LogP contribution in [0.25, 0.3) is 0 Å². The van der Waals surface area contributed by atoms with Crippen molar-refractivity contribution in [1.29, 1.82) is 0 Å². The van der Waals surface area contributed by atoms with Gasteiger partial charge in [0.15, 0.2) is 0 Å². The Hall–Kier alpha value is -3.61.